The molecule has 2 aromatic carbocycles. The molecule has 6 heteroatoms. The second kappa shape index (κ2) is 8.30. The first-order chi connectivity index (χ1) is 16.9. The second-order valence-corrected chi connectivity index (χ2v) is 10.8. The zero-order valence-corrected chi connectivity index (χ0v) is 20.5. The lowest BCUT2D eigenvalue weighted by Crippen LogP contribution is -2.60. The normalized spacial score (nSPS) is 26.3. The molecule has 6 rings (SSSR count). The van der Waals surface area contributed by atoms with Crippen LogP contribution in [0.25, 0.3) is 10.9 Å². The average molecular weight is 476 g/mol. The van der Waals surface area contributed by atoms with Crippen molar-refractivity contribution in [3.8, 4) is 17.2 Å². The van der Waals surface area contributed by atoms with Crippen molar-refractivity contribution >= 4 is 10.9 Å². The van der Waals surface area contributed by atoms with E-state index in [0.717, 1.165) is 22.2 Å². The van der Waals surface area contributed by atoms with Crippen molar-refractivity contribution in [1.82, 2.24) is 4.98 Å². The van der Waals surface area contributed by atoms with Gasteiger partial charge in [-0.25, -0.2) is 0 Å². The molecule has 184 valence electrons. The molecule has 1 aromatic heterocycles. The zero-order chi connectivity index (χ0) is 24.3. The standard InChI is InChI=1S/C29H33NO5/c1-29(2)26-23(16-9-10-16)22(17-11-12-20(33-3)21(15-17)34-14-6-13-31)24(26)25-27(35-29)18-7-4-5-8-19(18)30-28(25)32/h4-5,7-8,11-12,15-16,22-24,26,31H,6,9-10,13-14H2,1-3H3,(H,30,32)/t22-,23-,24+,26+/m1/s1. The number of aromatic nitrogens is 1. The molecule has 2 saturated carbocycles. The van der Waals surface area contributed by atoms with E-state index in [2.05, 4.69) is 31.0 Å². The van der Waals surface area contributed by atoms with Crippen LogP contribution in [-0.2, 0) is 0 Å². The summed E-state index contributed by atoms with van der Waals surface area (Å²) in [5.41, 5.74) is 2.36. The molecule has 3 aliphatic rings. The molecular formula is C29H33NO5. The minimum Gasteiger partial charge on any atom is -0.493 e. The van der Waals surface area contributed by atoms with Crippen LogP contribution >= 0.6 is 0 Å². The van der Waals surface area contributed by atoms with Gasteiger partial charge in [0.2, 0.25) is 0 Å². The highest BCUT2D eigenvalue weighted by molar-refractivity contribution is 5.87. The van der Waals surface area contributed by atoms with Gasteiger partial charge in [0.25, 0.3) is 5.56 Å². The van der Waals surface area contributed by atoms with Gasteiger partial charge in [0.05, 0.1) is 24.8 Å². The second-order valence-electron chi connectivity index (χ2n) is 10.8. The topological polar surface area (TPSA) is 80.8 Å². The van der Waals surface area contributed by atoms with Crippen molar-refractivity contribution in [2.45, 2.75) is 50.5 Å². The summed E-state index contributed by atoms with van der Waals surface area (Å²) in [6.07, 6.45) is 3.03. The van der Waals surface area contributed by atoms with Crippen LogP contribution in [0.1, 0.15) is 56.1 Å². The number of aromatic amines is 1. The Hall–Kier alpha value is -2.99. The van der Waals surface area contributed by atoms with E-state index in [-0.39, 0.29) is 35.5 Å². The number of aliphatic hydroxyl groups excluding tert-OH is 1. The van der Waals surface area contributed by atoms with Crippen LogP contribution in [0.15, 0.2) is 47.3 Å². The highest BCUT2D eigenvalue weighted by Gasteiger charge is 2.65. The molecule has 2 N–H and O–H groups in total. The first kappa shape index (κ1) is 22.5. The summed E-state index contributed by atoms with van der Waals surface area (Å²) in [6, 6.07) is 14.1. The third-order valence-corrected chi connectivity index (χ3v) is 8.31. The Bertz CT molecular complexity index is 1320. The van der Waals surface area contributed by atoms with Gasteiger partial charge in [-0.3, -0.25) is 4.79 Å². The minimum absolute atomic E-state index is 0.0450. The number of H-pyrrole nitrogens is 1. The van der Waals surface area contributed by atoms with Gasteiger partial charge in [-0.05, 0) is 74.3 Å². The predicted octanol–water partition coefficient (Wildman–Crippen LogP) is 4.99. The molecule has 1 aliphatic heterocycles. The van der Waals surface area contributed by atoms with E-state index in [1.54, 1.807) is 7.11 Å². The monoisotopic (exact) mass is 475 g/mol. The molecule has 0 bridgehead atoms. The molecule has 0 unspecified atom stereocenters. The van der Waals surface area contributed by atoms with Crippen LogP contribution in [0.4, 0.5) is 0 Å². The fourth-order valence-electron chi connectivity index (χ4n) is 6.76. The predicted molar refractivity (Wildman–Crippen MR) is 135 cm³/mol. The van der Waals surface area contributed by atoms with Crippen LogP contribution in [0.5, 0.6) is 17.2 Å². The van der Waals surface area contributed by atoms with Crippen molar-refractivity contribution in [2.75, 3.05) is 20.3 Å². The SMILES string of the molecule is COc1ccc([C@H]2[C@H]3c4c(c5ccccc5[nH]c4=O)OC(C)(C)[C@H]3[C@@H]2C2CC2)cc1OCCCO. The van der Waals surface area contributed by atoms with Gasteiger partial charge in [0.15, 0.2) is 11.5 Å². The summed E-state index contributed by atoms with van der Waals surface area (Å²) >= 11 is 0. The van der Waals surface area contributed by atoms with Crippen LogP contribution in [0.3, 0.4) is 0 Å². The molecule has 0 saturated heterocycles. The Balaban J connectivity index is 1.49. The number of methoxy groups -OCH3 is 1. The van der Waals surface area contributed by atoms with Crippen LogP contribution in [0, 0.1) is 17.8 Å². The summed E-state index contributed by atoms with van der Waals surface area (Å²) < 4.78 is 18.2. The molecule has 6 nitrogen and oxygen atoms in total. The fourth-order valence-corrected chi connectivity index (χ4v) is 6.76. The number of rotatable bonds is 7. The number of ether oxygens (including phenoxy) is 3. The molecule has 35 heavy (non-hydrogen) atoms. The fraction of sp³-hybridized carbons (Fsp3) is 0.483. The maximum atomic E-state index is 13.5. The summed E-state index contributed by atoms with van der Waals surface area (Å²) in [4.78, 5) is 16.6. The number of para-hydroxylation sites is 1. The number of pyridine rings is 1. The number of fused-ring (bicyclic) bond motifs is 5. The van der Waals surface area contributed by atoms with E-state index in [4.69, 9.17) is 14.2 Å². The molecular weight excluding hydrogens is 442 g/mol. The average Bonchev–Trinajstić information content (AvgIpc) is 3.64. The Labute approximate surface area is 205 Å². The maximum absolute atomic E-state index is 13.5. The maximum Gasteiger partial charge on any atom is 0.255 e. The first-order valence-electron chi connectivity index (χ1n) is 12.7. The van der Waals surface area contributed by atoms with Gasteiger partial charge in [0, 0.05) is 30.2 Å². The molecule has 0 spiro atoms. The summed E-state index contributed by atoms with van der Waals surface area (Å²) in [7, 11) is 1.64. The number of hydrogen-bond acceptors (Lipinski definition) is 5. The summed E-state index contributed by atoms with van der Waals surface area (Å²) in [5, 5.41) is 10.1. The van der Waals surface area contributed by atoms with E-state index in [1.807, 2.05) is 30.3 Å². The summed E-state index contributed by atoms with van der Waals surface area (Å²) in [6.45, 7) is 4.88. The first-order valence-corrected chi connectivity index (χ1v) is 12.7. The minimum atomic E-state index is -0.370. The third kappa shape index (κ3) is 3.53. The number of hydrogen-bond donors (Lipinski definition) is 2. The van der Waals surface area contributed by atoms with E-state index < -0.39 is 0 Å². The molecule has 3 aromatic rings. The number of benzene rings is 2. The van der Waals surface area contributed by atoms with Crippen LogP contribution in [-0.4, -0.2) is 36.0 Å². The molecule has 2 aliphatic carbocycles. The molecule has 0 amide bonds. The van der Waals surface area contributed by atoms with Crippen molar-refractivity contribution < 1.29 is 19.3 Å². The van der Waals surface area contributed by atoms with Crippen molar-refractivity contribution in [2.24, 2.45) is 17.8 Å². The van der Waals surface area contributed by atoms with E-state index >= 15 is 0 Å². The van der Waals surface area contributed by atoms with Gasteiger partial charge in [-0.15, -0.1) is 0 Å². The Morgan fingerprint density at radius 1 is 1.11 bits per heavy atom. The third-order valence-electron chi connectivity index (χ3n) is 8.31. The van der Waals surface area contributed by atoms with Crippen molar-refractivity contribution in [3.63, 3.8) is 0 Å². The highest BCUT2D eigenvalue weighted by Crippen LogP contribution is 2.70. The van der Waals surface area contributed by atoms with Gasteiger partial charge in [-0.2, -0.15) is 0 Å². The highest BCUT2D eigenvalue weighted by atomic mass is 16.5. The van der Waals surface area contributed by atoms with E-state index in [0.29, 0.717) is 36.4 Å². The van der Waals surface area contributed by atoms with Crippen LogP contribution < -0.4 is 19.8 Å². The van der Waals surface area contributed by atoms with Gasteiger partial charge in [0.1, 0.15) is 11.4 Å². The van der Waals surface area contributed by atoms with Gasteiger partial charge >= 0.3 is 0 Å². The van der Waals surface area contributed by atoms with E-state index in [1.165, 1.54) is 18.4 Å². The lowest BCUT2D eigenvalue weighted by atomic mass is 9.46. The van der Waals surface area contributed by atoms with E-state index in [9.17, 15) is 9.90 Å². The summed E-state index contributed by atoms with van der Waals surface area (Å²) in [5.74, 6) is 3.78. The Kier molecular flexibility index (Phi) is 5.33. The lowest BCUT2D eigenvalue weighted by molar-refractivity contribution is -0.0968. The largest absolute Gasteiger partial charge is 0.493 e. The van der Waals surface area contributed by atoms with Crippen molar-refractivity contribution in [3.05, 3.63) is 63.9 Å². The molecule has 2 fully saturated rings. The smallest absolute Gasteiger partial charge is 0.255 e. The van der Waals surface area contributed by atoms with Gasteiger partial charge in [-0.1, -0.05) is 18.2 Å². The molecule has 4 atom stereocenters. The Morgan fingerprint density at radius 2 is 1.91 bits per heavy atom. The van der Waals surface area contributed by atoms with Crippen molar-refractivity contribution in [1.29, 1.82) is 0 Å². The van der Waals surface area contributed by atoms with Gasteiger partial charge < -0.3 is 24.3 Å². The number of nitrogens with one attached hydrogen (secondary N) is 1. The lowest BCUT2D eigenvalue weighted by Gasteiger charge is -2.61. The zero-order valence-electron chi connectivity index (χ0n) is 20.5. The number of aliphatic hydroxyl groups is 1. The molecule has 0 radical (unpaired) electrons. The quantitative estimate of drug-likeness (QED) is 0.471. The van der Waals surface area contributed by atoms with Crippen LogP contribution in [0.2, 0.25) is 0 Å². The Morgan fingerprint density at radius 3 is 2.66 bits per heavy atom. The molecule has 2 heterocycles.